The van der Waals surface area contributed by atoms with Crippen LogP contribution in [0.5, 0.6) is 0 Å². The van der Waals surface area contributed by atoms with Crippen LogP contribution < -0.4 is 5.32 Å². The van der Waals surface area contributed by atoms with Crippen LogP contribution in [0.2, 0.25) is 0 Å². The van der Waals surface area contributed by atoms with Crippen molar-refractivity contribution in [2.75, 3.05) is 12.4 Å². The minimum absolute atomic E-state index is 0.280. The van der Waals surface area contributed by atoms with Crippen molar-refractivity contribution in [3.8, 4) is 11.4 Å². The number of aryl methyl sites for hydroxylation is 1. The summed E-state index contributed by atoms with van der Waals surface area (Å²) in [7, 11) is 1.77. The zero-order valence-electron chi connectivity index (χ0n) is 9.46. The summed E-state index contributed by atoms with van der Waals surface area (Å²) < 4.78 is 14.1. The Morgan fingerprint density at radius 2 is 2.06 bits per heavy atom. The predicted molar refractivity (Wildman–Crippen MR) is 69.4 cm³/mol. The van der Waals surface area contributed by atoms with E-state index in [1.165, 1.54) is 12.1 Å². The molecule has 1 aromatic heterocycles. The summed E-state index contributed by atoms with van der Waals surface area (Å²) in [6.45, 7) is 1.84. The first-order valence-corrected chi connectivity index (χ1v) is 5.87. The standard InChI is InChI=1S/C12H11BrFN3/c1-7-3-8(5-9(14)4-7)11-16-6-10(13)12(15-2)17-11/h3-6H,1-2H3,(H,15,16,17). The lowest BCUT2D eigenvalue weighted by Gasteiger charge is -2.06. The second kappa shape index (κ2) is 4.79. The van der Waals surface area contributed by atoms with E-state index in [0.717, 1.165) is 10.0 Å². The molecule has 0 bridgehead atoms. The largest absolute Gasteiger partial charge is 0.372 e. The Morgan fingerprint density at radius 1 is 1.29 bits per heavy atom. The van der Waals surface area contributed by atoms with E-state index in [4.69, 9.17) is 0 Å². The van der Waals surface area contributed by atoms with E-state index in [0.29, 0.717) is 17.2 Å². The molecule has 0 aliphatic heterocycles. The zero-order chi connectivity index (χ0) is 12.4. The molecule has 17 heavy (non-hydrogen) atoms. The Kier molecular flexibility index (Phi) is 3.38. The van der Waals surface area contributed by atoms with Gasteiger partial charge < -0.3 is 5.32 Å². The maximum absolute atomic E-state index is 13.3. The predicted octanol–water partition coefficient (Wildman–Crippen LogP) is 3.40. The molecule has 0 spiro atoms. The molecule has 88 valence electrons. The Bertz CT molecular complexity index is 537. The summed E-state index contributed by atoms with van der Waals surface area (Å²) in [5.41, 5.74) is 1.52. The van der Waals surface area contributed by atoms with E-state index < -0.39 is 0 Å². The van der Waals surface area contributed by atoms with Gasteiger partial charge in [0.15, 0.2) is 5.82 Å². The average molecular weight is 296 g/mol. The molecule has 3 nitrogen and oxygen atoms in total. The molecule has 0 saturated heterocycles. The number of halogens is 2. The van der Waals surface area contributed by atoms with Crippen LogP contribution in [0.4, 0.5) is 10.2 Å². The molecule has 2 aromatic rings. The fraction of sp³-hybridized carbons (Fsp3) is 0.167. The first-order chi connectivity index (χ1) is 8.10. The monoisotopic (exact) mass is 295 g/mol. The second-order valence-electron chi connectivity index (χ2n) is 3.66. The molecule has 1 N–H and O–H groups in total. The summed E-state index contributed by atoms with van der Waals surface area (Å²) in [6, 6.07) is 4.75. The van der Waals surface area contributed by atoms with Crippen molar-refractivity contribution in [3.63, 3.8) is 0 Å². The number of rotatable bonds is 2. The number of aromatic nitrogens is 2. The van der Waals surface area contributed by atoms with E-state index in [1.807, 2.05) is 13.0 Å². The third-order valence-corrected chi connectivity index (χ3v) is 2.86. The molecule has 0 atom stereocenters. The summed E-state index contributed by atoms with van der Waals surface area (Å²) in [5, 5.41) is 2.94. The molecule has 0 amide bonds. The number of benzene rings is 1. The first-order valence-electron chi connectivity index (χ1n) is 5.08. The van der Waals surface area contributed by atoms with Gasteiger partial charge in [-0.25, -0.2) is 14.4 Å². The number of nitrogens with zero attached hydrogens (tertiary/aromatic N) is 2. The fourth-order valence-electron chi connectivity index (χ4n) is 1.55. The van der Waals surface area contributed by atoms with Crippen LogP contribution in [-0.2, 0) is 0 Å². The van der Waals surface area contributed by atoms with E-state index in [2.05, 4.69) is 31.2 Å². The van der Waals surface area contributed by atoms with Gasteiger partial charge in [0.2, 0.25) is 0 Å². The van der Waals surface area contributed by atoms with Crippen molar-refractivity contribution >= 4 is 21.7 Å². The van der Waals surface area contributed by atoms with Gasteiger partial charge in [-0.1, -0.05) is 0 Å². The van der Waals surface area contributed by atoms with Gasteiger partial charge in [-0.2, -0.15) is 0 Å². The smallest absolute Gasteiger partial charge is 0.161 e. The molecule has 0 aliphatic rings. The molecular weight excluding hydrogens is 285 g/mol. The molecule has 1 aromatic carbocycles. The maximum Gasteiger partial charge on any atom is 0.161 e. The van der Waals surface area contributed by atoms with Gasteiger partial charge in [-0.15, -0.1) is 0 Å². The highest BCUT2D eigenvalue weighted by atomic mass is 79.9. The molecule has 5 heteroatoms. The Labute approximate surface area is 107 Å². The van der Waals surface area contributed by atoms with Gasteiger partial charge in [0, 0.05) is 18.8 Å². The minimum atomic E-state index is -0.280. The number of hydrogen-bond donors (Lipinski definition) is 1. The SMILES string of the molecule is CNc1nc(-c2cc(C)cc(F)c2)ncc1Br. The fourth-order valence-corrected chi connectivity index (χ4v) is 1.94. The highest BCUT2D eigenvalue weighted by Crippen LogP contribution is 2.23. The van der Waals surface area contributed by atoms with Crippen LogP contribution in [0.15, 0.2) is 28.9 Å². The molecule has 0 saturated carbocycles. The van der Waals surface area contributed by atoms with E-state index in [1.54, 1.807) is 13.2 Å². The normalized spacial score (nSPS) is 10.4. The topological polar surface area (TPSA) is 37.8 Å². The Hall–Kier alpha value is -1.49. The van der Waals surface area contributed by atoms with Crippen molar-refractivity contribution < 1.29 is 4.39 Å². The first kappa shape index (κ1) is 12.0. The van der Waals surface area contributed by atoms with Gasteiger partial charge in [-0.05, 0) is 46.6 Å². The Balaban J connectivity index is 2.52. The summed E-state index contributed by atoms with van der Waals surface area (Å²) in [6.07, 6.45) is 1.65. The molecule has 0 aliphatic carbocycles. The third kappa shape index (κ3) is 2.61. The van der Waals surface area contributed by atoms with E-state index in [9.17, 15) is 4.39 Å². The van der Waals surface area contributed by atoms with Crippen molar-refractivity contribution in [2.45, 2.75) is 6.92 Å². The van der Waals surface area contributed by atoms with Gasteiger partial charge >= 0.3 is 0 Å². The molecular formula is C12H11BrFN3. The minimum Gasteiger partial charge on any atom is -0.372 e. The zero-order valence-corrected chi connectivity index (χ0v) is 11.0. The molecule has 0 unspecified atom stereocenters. The van der Waals surface area contributed by atoms with Crippen molar-refractivity contribution in [1.29, 1.82) is 0 Å². The summed E-state index contributed by atoms with van der Waals surface area (Å²) >= 11 is 3.33. The lowest BCUT2D eigenvalue weighted by atomic mass is 10.1. The van der Waals surface area contributed by atoms with Gasteiger partial charge in [0.1, 0.15) is 11.6 Å². The van der Waals surface area contributed by atoms with E-state index >= 15 is 0 Å². The molecule has 0 radical (unpaired) electrons. The second-order valence-corrected chi connectivity index (χ2v) is 4.51. The lowest BCUT2D eigenvalue weighted by molar-refractivity contribution is 0.627. The highest BCUT2D eigenvalue weighted by Gasteiger charge is 2.07. The van der Waals surface area contributed by atoms with E-state index in [-0.39, 0.29) is 5.82 Å². The third-order valence-electron chi connectivity index (χ3n) is 2.28. The lowest BCUT2D eigenvalue weighted by Crippen LogP contribution is -1.98. The van der Waals surface area contributed by atoms with Crippen LogP contribution >= 0.6 is 15.9 Å². The van der Waals surface area contributed by atoms with Gasteiger partial charge in [-0.3, -0.25) is 0 Å². The number of anilines is 1. The van der Waals surface area contributed by atoms with Crippen molar-refractivity contribution in [1.82, 2.24) is 9.97 Å². The molecule has 2 rings (SSSR count). The van der Waals surface area contributed by atoms with Crippen LogP contribution in [0.3, 0.4) is 0 Å². The maximum atomic E-state index is 13.3. The average Bonchev–Trinajstić information content (AvgIpc) is 2.28. The van der Waals surface area contributed by atoms with Gasteiger partial charge in [0.25, 0.3) is 0 Å². The summed E-state index contributed by atoms with van der Waals surface area (Å²) in [4.78, 5) is 8.48. The molecule has 1 heterocycles. The van der Waals surface area contributed by atoms with Crippen LogP contribution in [0.1, 0.15) is 5.56 Å². The van der Waals surface area contributed by atoms with Crippen LogP contribution in [0.25, 0.3) is 11.4 Å². The van der Waals surface area contributed by atoms with Gasteiger partial charge in [0.05, 0.1) is 4.47 Å². The summed E-state index contributed by atoms with van der Waals surface area (Å²) in [5.74, 6) is 0.898. The van der Waals surface area contributed by atoms with Crippen LogP contribution in [-0.4, -0.2) is 17.0 Å². The number of hydrogen-bond acceptors (Lipinski definition) is 3. The molecule has 0 fully saturated rings. The van der Waals surface area contributed by atoms with Crippen molar-refractivity contribution in [3.05, 3.63) is 40.2 Å². The Morgan fingerprint density at radius 3 is 2.71 bits per heavy atom. The highest BCUT2D eigenvalue weighted by molar-refractivity contribution is 9.10. The van der Waals surface area contributed by atoms with Crippen LogP contribution in [0, 0.1) is 12.7 Å². The quantitative estimate of drug-likeness (QED) is 0.923. The van der Waals surface area contributed by atoms with Crippen molar-refractivity contribution in [2.24, 2.45) is 0 Å². The number of nitrogens with one attached hydrogen (secondary N) is 1.